The van der Waals surface area contributed by atoms with Crippen molar-refractivity contribution in [3.8, 4) is 0 Å². The molecule has 116 valence electrons. The Labute approximate surface area is 119 Å². The molecule has 3 N–H and O–H groups in total. The highest BCUT2D eigenvalue weighted by Crippen LogP contribution is 2.29. The third-order valence-electron chi connectivity index (χ3n) is 2.89. The second-order valence-electron chi connectivity index (χ2n) is 4.53. The van der Waals surface area contributed by atoms with Gasteiger partial charge in [0.05, 0.1) is 12.0 Å². The summed E-state index contributed by atoms with van der Waals surface area (Å²) in [6, 6.07) is 4.44. The molecule has 0 fully saturated rings. The van der Waals surface area contributed by atoms with Crippen LogP contribution in [-0.2, 0) is 17.4 Å². The molecule has 0 saturated heterocycles. The zero-order valence-corrected chi connectivity index (χ0v) is 11.4. The van der Waals surface area contributed by atoms with Gasteiger partial charge in [-0.15, -0.1) is 0 Å². The van der Waals surface area contributed by atoms with Gasteiger partial charge in [0.1, 0.15) is 5.84 Å². The Kier molecular flexibility index (Phi) is 5.57. The van der Waals surface area contributed by atoms with E-state index in [1.54, 1.807) is 0 Å². The quantitative estimate of drug-likeness (QED) is 0.377. The predicted octanol–water partition coefficient (Wildman–Crippen LogP) is 1.84. The van der Waals surface area contributed by atoms with E-state index < -0.39 is 11.7 Å². The minimum Gasteiger partial charge on any atom is -0.409 e. The number of amidine groups is 1. The van der Waals surface area contributed by atoms with Gasteiger partial charge in [0.25, 0.3) is 0 Å². The van der Waals surface area contributed by atoms with E-state index in [9.17, 15) is 18.0 Å². The maximum Gasteiger partial charge on any atom is 0.416 e. The Morgan fingerprint density at radius 2 is 1.90 bits per heavy atom. The van der Waals surface area contributed by atoms with E-state index in [0.717, 1.165) is 12.1 Å². The van der Waals surface area contributed by atoms with Gasteiger partial charge in [-0.25, -0.2) is 0 Å². The monoisotopic (exact) mass is 303 g/mol. The summed E-state index contributed by atoms with van der Waals surface area (Å²) in [5.41, 5.74) is 5.03. The lowest BCUT2D eigenvalue weighted by Gasteiger charge is -2.17. The molecule has 1 aromatic carbocycles. The standard InChI is InChI=1S/C13H16F3N3O2/c1-19(7-6-11(17)18-21)12(20)8-9-2-4-10(5-3-9)13(14,15)16/h2-5,21H,6-8H2,1H3,(H2,17,18). The number of alkyl halides is 3. The topological polar surface area (TPSA) is 78.9 Å². The third kappa shape index (κ3) is 5.33. The lowest BCUT2D eigenvalue weighted by Crippen LogP contribution is -2.31. The molecular weight excluding hydrogens is 287 g/mol. The second-order valence-corrected chi connectivity index (χ2v) is 4.53. The van der Waals surface area contributed by atoms with E-state index in [2.05, 4.69) is 5.16 Å². The van der Waals surface area contributed by atoms with Crippen molar-refractivity contribution in [2.75, 3.05) is 13.6 Å². The number of amides is 1. The molecular formula is C13H16F3N3O2. The highest BCUT2D eigenvalue weighted by molar-refractivity contribution is 5.82. The highest BCUT2D eigenvalue weighted by Gasteiger charge is 2.30. The van der Waals surface area contributed by atoms with Crippen molar-refractivity contribution >= 4 is 11.7 Å². The van der Waals surface area contributed by atoms with Gasteiger partial charge in [0.15, 0.2) is 0 Å². The molecule has 0 aromatic heterocycles. The normalized spacial score (nSPS) is 12.3. The van der Waals surface area contributed by atoms with E-state index >= 15 is 0 Å². The summed E-state index contributed by atoms with van der Waals surface area (Å²) in [4.78, 5) is 13.2. The molecule has 5 nitrogen and oxygen atoms in total. The van der Waals surface area contributed by atoms with E-state index in [4.69, 9.17) is 10.9 Å². The van der Waals surface area contributed by atoms with Crippen LogP contribution in [0.1, 0.15) is 17.5 Å². The molecule has 0 unspecified atom stereocenters. The molecule has 1 amide bonds. The predicted molar refractivity (Wildman–Crippen MR) is 70.8 cm³/mol. The van der Waals surface area contributed by atoms with Crippen LogP contribution in [0.25, 0.3) is 0 Å². The number of carbonyl (C=O) groups excluding carboxylic acids is 1. The van der Waals surface area contributed by atoms with Gasteiger partial charge in [-0.05, 0) is 17.7 Å². The summed E-state index contributed by atoms with van der Waals surface area (Å²) in [7, 11) is 1.54. The Hall–Kier alpha value is -2.25. The largest absolute Gasteiger partial charge is 0.416 e. The maximum atomic E-state index is 12.4. The SMILES string of the molecule is CN(CCC(N)=NO)C(=O)Cc1ccc(C(F)(F)F)cc1. The van der Waals surface area contributed by atoms with Crippen LogP contribution in [0.5, 0.6) is 0 Å². The molecule has 0 aliphatic heterocycles. The molecule has 0 radical (unpaired) electrons. The molecule has 0 saturated carbocycles. The van der Waals surface area contributed by atoms with Crippen molar-refractivity contribution < 1.29 is 23.2 Å². The number of hydrogen-bond acceptors (Lipinski definition) is 3. The number of hydrogen-bond donors (Lipinski definition) is 2. The van der Waals surface area contributed by atoms with Gasteiger partial charge < -0.3 is 15.8 Å². The van der Waals surface area contributed by atoms with Crippen molar-refractivity contribution in [1.29, 1.82) is 0 Å². The van der Waals surface area contributed by atoms with Crippen LogP contribution in [0.3, 0.4) is 0 Å². The fourth-order valence-electron chi connectivity index (χ4n) is 1.58. The molecule has 0 spiro atoms. The summed E-state index contributed by atoms with van der Waals surface area (Å²) in [6.45, 7) is 0.259. The number of likely N-dealkylation sites (N-methyl/N-ethyl adjacent to an activating group) is 1. The van der Waals surface area contributed by atoms with Gasteiger partial charge in [0, 0.05) is 20.0 Å². The zero-order chi connectivity index (χ0) is 16.0. The summed E-state index contributed by atoms with van der Waals surface area (Å²) in [6.07, 6.45) is -4.18. The molecule has 1 rings (SSSR count). The number of nitrogens with zero attached hydrogens (tertiary/aromatic N) is 2. The van der Waals surface area contributed by atoms with Crippen LogP contribution in [-0.4, -0.2) is 35.4 Å². The number of nitrogens with two attached hydrogens (primary N) is 1. The van der Waals surface area contributed by atoms with Crippen LogP contribution in [0.15, 0.2) is 29.4 Å². The lowest BCUT2D eigenvalue weighted by atomic mass is 10.1. The number of oxime groups is 1. The Morgan fingerprint density at radius 3 is 2.38 bits per heavy atom. The van der Waals surface area contributed by atoms with Gasteiger partial charge in [-0.3, -0.25) is 4.79 Å². The number of benzene rings is 1. The molecule has 0 heterocycles. The van der Waals surface area contributed by atoms with Crippen molar-refractivity contribution in [2.45, 2.75) is 19.0 Å². The average molecular weight is 303 g/mol. The van der Waals surface area contributed by atoms with Crippen LogP contribution in [0.4, 0.5) is 13.2 Å². The lowest BCUT2D eigenvalue weighted by molar-refractivity contribution is -0.137. The van der Waals surface area contributed by atoms with Crippen molar-refractivity contribution in [2.24, 2.45) is 10.9 Å². The maximum absolute atomic E-state index is 12.4. The third-order valence-corrected chi connectivity index (χ3v) is 2.89. The summed E-state index contributed by atoms with van der Waals surface area (Å²) in [5, 5.41) is 11.2. The average Bonchev–Trinajstić information content (AvgIpc) is 2.43. The first-order chi connectivity index (χ1) is 9.74. The molecule has 1 aromatic rings. The molecule has 21 heavy (non-hydrogen) atoms. The molecule has 0 aliphatic carbocycles. The molecule has 0 bridgehead atoms. The van der Waals surface area contributed by atoms with Crippen LogP contribution in [0.2, 0.25) is 0 Å². The van der Waals surface area contributed by atoms with Gasteiger partial charge >= 0.3 is 6.18 Å². The number of halogens is 3. The van der Waals surface area contributed by atoms with Crippen LogP contribution < -0.4 is 5.73 Å². The Bertz CT molecular complexity index is 512. The Morgan fingerprint density at radius 1 is 1.33 bits per heavy atom. The highest BCUT2D eigenvalue weighted by atomic mass is 19.4. The van der Waals surface area contributed by atoms with Gasteiger partial charge in [-0.1, -0.05) is 17.3 Å². The first-order valence-electron chi connectivity index (χ1n) is 6.10. The van der Waals surface area contributed by atoms with E-state index in [-0.39, 0.29) is 31.1 Å². The van der Waals surface area contributed by atoms with E-state index in [1.165, 1.54) is 24.1 Å². The van der Waals surface area contributed by atoms with E-state index in [1.807, 2.05) is 0 Å². The van der Waals surface area contributed by atoms with Crippen molar-refractivity contribution in [1.82, 2.24) is 4.90 Å². The minimum atomic E-state index is -4.39. The van der Waals surface area contributed by atoms with Crippen molar-refractivity contribution in [3.63, 3.8) is 0 Å². The zero-order valence-electron chi connectivity index (χ0n) is 11.4. The van der Waals surface area contributed by atoms with Crippen LogP contribution in [0, 0.1) is 0 Å². The smallest absolute Gasteiger partial charge is 0.409 e. The van der Waals surface area contributed by atoms with E-state index in [0.29, 0.717) is 5.56 Å². The first kappa shape index (κ1) is 16.8. The molecule has 8 heteroatoms. The fraction of sp³-hybridized carbons (Fsp3) is 0.385. The first-order valence-corrected chi connectivity index (χ1v) is 6.10. The Balaban J connectivity index is 2.58. The number of rotatable bonds is 5. The summed E-state index contributed by atoms with van der Waals surface area (Å²) >= 11 is 0. The van der Waals surface area contributed by atoms with Gasteiger partial charge in [0.2, 0.25) is 5.91 Å². The summed E-state index contributed by atoms with van der Waals surface area (Å²) in [5.74, 6) is -0.260. The second kappa shape index (κ2) is 6.96. The summed E-state index contributed by atoms with van der Waals surface area (Å²) < 4.78 is 37.2. The van der Waals surface area contributed by atoms with Gasteiger partial charge in [-0.2, -0.15) is 13.2 Å². The number of carbonyl (C=O) groups is 1. The molecule has 0 aliphatic rings. The van der Waals surface area contributed by atoms with Crippen LogP contribution >= 0.6 is 0 Å². The molecule has 0 atom stereocenters. The fourth-order valence-corrected chi connectivity index (χ4v) is 1.58. The minimum absolute atomic E-state index is 0.00387. The van der Waals surface area contributed by atoms with Crippen molar-refractivity contribution in [3.05, 3.63) is 35.4 Å².